The quantitative estimate of drug-likeness (QED) is 0.896. The average molecular weight is 255 g/mol. The molecule has 0 aliphatic heterocycles. The van der Waals surface area contributed by atoms with Crippen LogP contribution in [0.5, 0.6) is 0 Å². The molecule has 18 heavy (non-hydrogen) atoms. The number of hydrogen-bond donors (Lipinski definition) is 1. The van der Waals surface area contributed by atoms with E-state index in [0.717, 1.165) is 25.1 Å². The summed E-state index contributed by atoms with van der Waals surface area (Å²) in [5.74, 6) is -3.41. The maximum Gasteiger partial charge on any atom is 0.270 e. The van der Waals surface area contributed by atoms with Crippen molar-refractivity contribution in [2.75, 3.05) is 5.73 Å². The molecule has 0 fully saturated rings. The molecule has 0 bridgehead atoms. The molecular formula is C12H12F3N3. The zero-order valence-electron chi connectivity index (χ0n) is 9.92. The first-order valence-corrected chi connectivity index (χ1v) is 5.26. The molecule has 0 saturated heterocycles. The van der Waals surface area contributed by atoms with Crippen LogP contribution in [0, 0.1) is 5.82 Å². The van der Waals surface area contributed by atoms with E-state index < -0.39 is 11.7 Å². The molecule has 0 unspecified atom stereocenters. The number of rotatable bonds is 2. The number of halogens is 3. The van der Waals surface area contributed by atoms with E-state index in [1.807, 2.05) is 0 Å². The third-order valence-electron chi connectivity index (χ3n) is 2.75. The molecule has 2 N–H and O–H groups in total. The molecule has 3 nitrogen and oxygen atoms in total. The maximum absolute atomic E-state index is 13.7. The minimum atomic E-state index is -3.03. The Balaban J connectivity index is 2.61. The van der Waals surface area contributed by atoms with Gasteiger partial charge in [-0.1, -0.05) is 6.07 Å². The van der Waals surface area contributed by atoms with Crippen LogP contribution in [0.3, 0.4) is 0 Å². The van der Waals surface area contributed by atoms with Gasteiger partial charge in [0.25, 0.3) is 5.92 Å². The smallest absolute Gasteiger partial charge is 0.270 e. The number of nitrogens with zero attached hydrogens (tertiary/aromatic N) is 2. The molecule has 0 aliphatic carbocycles. The van der Waals surface area contributed by atoms with E-state index in [4.69, 9.17) is 5.73 Å². The summed E-state index contributed by atoms with van der Waals surface area (Å²) in [6.45, 7) is 0.761. The lowest BCUT2D eigenvalue weighted by atomic mass is 10.0. The zero-order valence-corrected chi connectivity index (χ0v) is 9.92. The number of benzene rings is 1. The molecule has 0 amide bonds. The van der Waals surface area contributed by atoms with Crippen molar-refractivity contribution in [3.05, 3.63) is 35.8 Å². The van der Waals surface area contributed by atoms with Crippen molar-refractivity contribution in [3.8, 4) is 11.1 Å². The largest absolute Gasteiger partial charge is 0.383 e. The predicted molar refractivity (Wildman–Crippen MR) is 62.6 cm³/mol. The molecule has 1 aromatic carbocycles. The molecule has 1 heterocycles. The summed E-state index contributed by atoms with van der Waals surface area (Å²) in [6.07, 6.45) is 1.35. The van der Waals surface area contributed by atoms with E-state index in [1.54, 1.807) is 7.05 Å². The van der Waals surface area contributed by atoms with Gasteiger partial charge in [-0.3, -0.25) is 4.68 Å². The van der Waals surface area contributed by atoms with Crippen LogP contribution in [0.2, 0.25) is 0 Å². The molecule has 0 aliphatic rings. The Morgan fingerprint density at radius 3 is 2.44 bits per heavy atom. The topological polar surface area (TPSA) is 43.8 Å². The second kappa shape index (κ2) is 4.04. The number of aryl methyl sites for hydroxylation is 1. The first kappa shape index (κ1) is 12.5. The first-order chi connectivity index (χ1) is 8.30. The number of nitrogens with two attached hydrogens (primary N) is 1. The molecule has 0 spiro atoms. The third kappa shape index (κ3) is 2.05. The second-order valence-electron chi connectivity index (χ2n) is 4.15. The van der Waals surface area contributed by atoms with Crippen molar-refractivity contribution >= 4 is 5.82 Å². The van der Waals surface area contributed by atoms with Gasteiger partial charge in [-0.15, -0.1) is 0 Å². The lowest BCUT2D eigenvalue weighted by Gasteiger charge is -2.12. The van der Waals surface area contributed by atoms with E-state index in [2.05, 4.69) is 5.10 Å². The fourth-order valence-corrected chi connectivity index (χ4v) is 1.66. The SMILES string of the molecule is Cn1ncc(-c2cc(C(C)(F)F)ccc2F)c1N. The average Bonchev–Trinajstić information content (AvgIpc) is 2.59. The van der Waals surface area contributed by atoms with Crippen molar-refractivity contribution in [1.82, 2.24) is 9.78 Å². The van der Waals surface area contributed by atoms with Gasteiger partial charge in [-0.25, -0.2) is 13.2 Å². The normalized spacial score (nSPS) is 11.8. The lowest BCUT2D eigenvalue weighted by Crippen LogP contribution is -2.07. The van der Waals surface area contributed by atoms with Crippen LogP contribution in [-0.4, -0.2) is 9.78 Å². The van der Waals surface area contributed by atoms with Crippen molar-refractivity contribution in [2.24, 2.45) is 7.05 Å². The van der Waals surface area contributed by atoms with Gasteiger partial charge in [0.15, 0.2) is 0 Å². The van der Waals surface area contributed by atoms with Crippen LogP contribution >= 0.6 is 0 Å². The van der Waals surface area contributed by atoms with Crippen molar-refractivity contribution in [2.45, 2.75) is 12.8 Å². The molecule has 2 rings (SSSR count). The highest BCUT2D eigenvalue weighted by molar-refractivity contribution is 5.74. The standard InChI is InChI=1S/C12H12F3N3/c1-12(14,15)7-3-4-10(13)8(5-7)9-6-17-18(2)11(9)16/h3-6H,16H2,1-2H3. The molecule has 0 radical (unpaired) electrons. The van der Waals surface area contributed by atoms with Crippen LogP contribution < -0.4 is 5.73 Å². The third-order valence-corrected chi connectivity index (χ3v) is 2.75. The van der Waals surface area contributed by atoms with Crippen molar-refractivity contribution < 1.29 is 13.2 Å². The highest BCUT2D eigenvalue weighted by Crippen LogP contribution is 2.33. The summed E-state index contributed by atoms with van der Waals surface area (Å²) >= 11 is 0. The fraction of sp³-hybridized carbons (Fsp3) is 0.250. The number of anilines is 1. The Morgan fingerprint density at radius 2 is 1.94 bits per heavy atom. The fourth-order valence-electron chi connectivity index (χ4n) is 1.66. The summed E-state index contributed by atoms with van der Waals surface area (Å²) < 4.78 is 41.5. The van der Waals surface area contributed by atoms with E-state index in [1.165, 1.54) is 10.9 Å². The van der Waals surface area contributed by atoms with Gasteiger partial charge in [0.1, 0.15) is 11.6 Å². The number of hydrogen-bond acceptors (Lipinski definition) is 2. The number of nitrogen functional groups attached to an aromatic ring is 1. The summed E-state index contributed by atoms with van der Waals surface area (Å²) in [6, 6.07) is 3.17. The number of alkyl halides is 2. The second-order valence-corrected chi connectivity index (χ2v) is 4.15. The van der Waals surface area contributed by atoms with Gasteiger partial charge in [0.05, 0.1) is 6.20 Å². The van der Waals surface area contributed by atoms with Crippen LogP contribution in [0.25, 0.3) is 11.1 Å². The van der Waals surface area contributed by atoms with Crippen molar-refractivity contribution in [3.63, 3.8) is 0 Å². The molecule has 0 atom stereocenters. The van der Waals surface area contributed by atoms with Gasteiger partial charge in [0, 0.05) is 30.7 Å². The van der Waals surface area contributed by atoms with E-state index >= 15 is 0 Å². The Labute approximate surface area is 102 Å². The summed E-state index contributed by atoms with van der Waals surface area (Å²) in [5, 5.41) is 3.86. The van der Waals surface area contributed by atoms with Crippen LogP contribution in [0.4, 0.5) is 19.0 Å². The van der Waals surface area contributed by atoms with Gasteiger partial charge >= 0.3 is 0 Å². The first-order valence-electron chi connectivity index (χ1n) is 5.26. The van der Waals surface area contributed by atoms with Crippen molar-refractivity contribution in [1.29, 1.82) is 0 Å². The monoisotopic (exact) mass is 255 g/mol. The van der Waals surface area contributed by atoms with Crippen LogP contribution in [-0.2, 0) is 13.0 Å². The zero-order chi connectivity index (χ0) is 13.5. The van der Waals surface area contributed by atoms with E-state index in [9.17, 15) is 13.2 Å². The molecular weight excluding hydrogens is 243 g/mol. The summed E-state index contributed by atoms with van der Waals surface area (Å²) in [4.78, 5) is 0. The van der Waals surface area contributed by atoms with Crippen LogP contribution in [0.15, 0.2) is 24.4 Å². The Hall–Kier alpha value is -1.98. The molecule has 96 valence electrons. The van der Waals surface area contributed by atoms with Crippen LogP contribution in [0.1, 0.15) is 12.5 Å². The molecule has 1 aromatic heterocycles. The van der Waals surface area contributed by atoms with Gasteiger partial charge in [-0.2, -0.15) is 5.10 Å². The van der Waals surface area contributed by atoms with E-state index in [0.29, 0.717) is 5.56 Å². The van der Waals surface area contributed by atoms with Gasteiger partial charge < -0.3 is 5.73 Å². The summed E-state index contributed by atoms with van der Waals surface area (Å²) in [5.41, 5.74) is 5.78. The number of aromatic nitrogens is 2. The minimum Gasteiger partial charge on any atom is -0.383 e. The Bertz CT molecular complexity index is 585. The highest BCUT2D eigenvalue weighted by Gasteiger charge is 2.26. The maximum atomic E-state index is 13.7. The predicted octanol–water partition coefficient (Wildman–Crippen LogP) is 2.92. The Kier molecular flexibility index (Phi) is 2.80. The summed E-state index contributed by atoms with van der Waals surface area (Å²) in [7, 11) is 1.59. The van der Waals surface area contributed by atoms with Gasteiger partial charge in [-0.05, 0) is 12.1 Å². The van der Waals surface area contributed by atoms with Gasteiger partial charge in [0.2, 0.25) is 0 Å². The highest BCUT2D eigenvalue weighted by atomic mass is 19.3. The van der Waals surface area contributed by atoms with E-state index in [-0.39, 0.29) is 16.9 Å². The lowest BCUT2D eigenvalue weighted by molar-refractivity contribution is 0.0174. The minimum absolute atomic E-state index is 0.0274. The Morgan fingerprint density at radius 1 is 1.28 bits per heavy atom. The molecule has 2 aromatic rings. The molecule has 6 heteroatoms. The molecule has 0 saturated carbocycles.